The molecule has 0 bridgehead atoms. The molecule has 2 heterocycles. The number of aliphatic carboxylic acids is 2. The number of allylic oxidation sites excluding steroid dienone is 2. The predicted octanol–water partition coefficient (Wildman–Crippen LogP) is 1.07. The van der Waals surface area contributed by atoms with E-state index in [1.807, 2.05) is 0 Å². The third-order valence-corrected chi connectivity index (χ3v) is 5.40. The zero-order chi connectivity index (χ0) is 23.7. The minimum atomic E-state index is -1.27. The van der Waals surface area contributed by atoms with E-state index < -0.39 is 11.9 Å². The van der Waals surface area contributed by atoms with Crippen molar-refractivity contribution in [3.63, 3.8) is 0 Å². The third-order valence-electron chi connectivity index (χ3n) is 3.70. The Bertz CT molecular complexity index is 1120. The molecular weight excluding hydrogens is 460 g/mol. The Morgan fingerprint density at radius 3 is 1.56 bits per heavy atom. The van der Waals surface area contributed by atoms with Crippen molar-refractivity contribution >= 4 is 46.0 Å². The molecule has 12 nitrogen and oxygen atoms in total. The standard InChI is InChI=1S/C18H20N6O6S2/c1-5-7-23-11(13(15(25)26)21-29-3)9-31-17(23)19-20-18-24(8-6-2)12(10-32-18)14(16(27)28)22-30-4/h5-6,9-10H,1-2,7-8H2,3-4H3,(H,25,26)(H,27,28)/b19-17+,20-18+,21-13+,22-14+. The van der Waals surface area contributed by atoms with Crippen LogP contribution < -0.4 is 9.60 Å². The summed E-state index contributed by atoms with van der Waals surface area (Å²) >= 11 is 2.29. The van der Waals surface area contributed by atoms with Crippen LogP contribution in [0.4, 0.5) is 0 Å². The lowest BCUT2D eigenvalue weighted by Crippen LogP contribution is -2.25. The molecule has 0 aliphatic heterocycles. The maximum Gasteiger partial charge on any atom is 0.360 e. The zero-order valence-corrected chi connectivity index (χ0v) is 18.8. The lowest BCUT2D eigenvalue weighted by molar-refractivity contribution is -0.130. The fourth-order valence-corrected chi connectivity index (χ4v) is 4.16. The van der Waals surface area contributed by atoms with Crippen LogP contribution in [-0.4, -0.2) is 56.9 Å². The van der Waals surface area contributed by atoms with Gasteiger partial charge in [0.05, 0.1) is 11.4 Å². The smallest absolute Gasteiger partial charge is 0.360 e. The lowest BCUT2D eigenvalue weighted by atomic mass is 10.3. The van der Waals surface area contributed by atoms with Crippen molar-refractivity contribution in [2.75, 3.05) is 14.2 Å². The molecule has 0 aromatic carbocycles. The third kappa shape index (κ3) is 5.47. The van der Waals surface area contributed by atoms with Gasteiger partial charge in [-0.3, -0.25) is 0 Å². The maximum atomic E-state index is 11.5. The van der Waals surface area contributed by atoms with E-state index in [2.05, 4.69) is 43.3 Å². The molecule has 0 atom stereocenters. The van der Waals surface area contributed by atoms with E-state index in [0.717, 1.165) is 22.7 Å². The van der Waals surface area contributed by atoms with Crippen LogP contribution in [0, 0.1) is 0 Å². The quantitative estimate of drug-likeness (QED) is 0.279. The SMILES string of the molecule is C=CCn1c(/C(=N\OC)C(=O)O)cs/c1=N/N=c1/scc(/C(=N\OC)C(=O)O)n1CC=C. The van der Waals surface area contributed by atoms with Crippen molar-refractivity contribution in [1.82, 2.24) is 9.13 Å². The van der Waals surface area contributed by atoms with E-state index >= 15 is 0 Å². The predicted molar refractivity (Wildman–Crippen MR) is 119 cm³/mol. The van der Waals surface area contributed by atoms with Gasteiger partial charge in [0.1, 0.15) is 14.2 Å². The van der Waals surface area contributed by atoms with E-state index in [0.29, 0.717) is 9.60 Å². The van der Waals surface area contributed by atoms with Gasteiger partial charge in [-0.1, -0.05) is 22.5 Å². The molecule has 0 fully saturated rings. The molecule has 0 saturated carbocycles. The van der Waals surface area contributed by atoms with Gasteiger partial charge >= 0.3 is 11.9 Å². The summed E-state index contributed by atoms with van der Waals surface area (Å²) in [6.07, 6.45) is 3.14. The molecule has 0 radical (unpaired) electrons. The fourth-order valence-electron chi connectivity index (χ4n) is 2.47. The van der Waals surface area contributed by atoms with Crippen LogP contribution in [0.2, 0.25) is 0 Å². The normalized spacial score (nSPS) is 13.2. The summed E-state index contributed by atoms with van der Waals surface area (Å²) in [5.74, 6) is -2.53. The molecular formula is C18H20N6O6S2. The van der Waals surface area contributed by atoms with Gasteiger partial charge in [0.15, 0.2) is 0 Å². The second-order valence-electron chi connectivity index (χ2n) is 5.66. The van der Waals surface area contributed by atoms with Crippen LogP contribution in [0.25, 0.3) is 0 Å². The summed E-state index contributed by atoms with van der Waals surface area (Å²) in [5.41, 5.74) is -0.0584. The molecule has 0 unspecified atom stereocenters. The van der Waals surface area contributed by atoms with E-state index in [1.54, 1.807) is 32.0 Å². The summed E-state index contributed by atoms with van der Waals surface area (Å²) in [6, 6.07) is 0. The number of oxime groups is 2. The first-order chi connectivity index (χ1) is 15.4. The average Bonchev–Trinajstić information content (AvgIpc) is 3.33. The number of carboxylic acids is 2. The minimum absolute atomic E-state index is 0.245. The summed E-state index contributed by atoms with van der Waals surface area (Å²) in [6.45, 7) is 7.85. The van der Waals surface area contributed by atoms with Crippen LogP contribution in [0.15, 0.2) is 56.6 Å². The average molecular weight is 481 g/mol. The van der Waals surface area contributed by atoms with Gasteiger partial charge in [-0.05, 0) is 0 Å². The van der Waals surface area contributed by atoms with Gasteiger partial charge < -0.3 is 29.0 Å². The highest BCUT2D eigenvalue weighted by molar-refractivity contribution is 7.07. The number of carboxylic acid groups (broad SMARTS) is 2. The van der Waals surface area contributed by atoms with Gasteiger partial charge in [-0.25, -0.2) is 9.59 Å². The molecule has 0 saturated heterocycles. The van der Waals surface area contributed by atoms with Crippen molar-refractivity contribution in [2.45, 2.75) is 13.1 Å². The molecule has 0 aliphatic rings. The zero-order valence-electron chi connectivity index (χ0n) is 17.2. The summed E-state index contributed by atoms with van der Waals surface area (Å²) < 4.78 is 3.13. The number of nitrogens with zero attached hydrogens (tertiary/aromatic N) is 6. The van der Waals surface area contributed by atoms with Crippen molar-refractivity contribution in [2.24, 2.45) is 20.5 Å². The first kappa shape index (κ1) is 24.5. The Balaban J connectivity index is 2.70. The number of hydrogen-bond acceptors (Lipinski definition) is 10. The second kappa shape index (κ2) is 11.6. The fraction of sp³-hybridized carbons (Fsp3) is 0.222. The Morgan fingerprint density at radius 2 is 1.28 bits per heavy atom. The molecule has 32 heavy (non-hydrogen) atoms. The summed E-state index contributed by atoms with van der Waals surface area (Å²) in [5, 5.41) is 37.6. The van der Waals surface area contributed by atoms with Crippen molar-refractivity contribution in [3.8, 4) is 0 Å². The summed E-state index contributed by atoms with van der Waals surface area (Å²) in [4.78, 5) is 33.1. The Kier molecular flexibility index (Phi) is 8.85. The van der Waals surface area contributed by atoms with Gasteiger partial charge in [-0.15, -0.1) is 46.0 Å². The Labute approximate surface area is 189 Å². The molecule has 2 aromatic heterocycles. The van der Waals surface area contributed by atoms with E-state index in [4.69, 9.17) is 0 Å². The Hall–Kier alpha value is -3.78. The highest BCUT2D eigenvalue weighted by atomic mass is 32.1. The number of carbonyl (C=O) groups is 2. The van der Waals surface area contributed by atoms with Crippen LogP contribution in [0.5, 0.6) is 0 Å². The van der Waals surface area contributed by atoms with Crippen LogP contribution in [-0.2, 0) is 32.4 Å². The molecule has 2 aromatic rings. The van der Waals surface area contributed by atoms with E-state index in [9.17, 15) is 19.8 Å². The first-order valence-electron chi connectivity index (χ1n) is 8.75. The van der Waals surface area contributed by atoms with Gasteiger partial charge in [-0.2, -0.15) is 0 Å². The molecule has 0 amide bonds. The number of hydrogen-bond donors (Lipinski definition) is 2. The molecule has 0 spiro atoms. The highest BCUT2D eigenvalue weighted by Crippen LogP contribution is 2.08. The van der Waals surface area contributed by atoms with Gasteiger partial charge in [0.2, 0.25) is 21.0 Å². The molecule has 0 aliphatic carbocycles. The second-order valence-corrected chi connectivity index (χ2v) is 7.33. The maximum absolute atomic E-state index is 11.5. The van der Waals surface area contributed by atoms with E-state index in [1.165, 1.54) is 14.2 Å². The lowest BCUT2D eigenvalue weighted by Gasteiger charge is -2.05. The van der Waals surface area contributed by atoms with Gasteiger partial charge in [0.25, 0.3) is 0 Å². The van der Waals surface area contributed by atoms with E-state index in [-0.39, 0.29) is 35.9 Å². The largest absolute Gasteiger partial charge is 0.476 e. The number of aromatic nitrogens is 2. The first-order valence-corrected chi connectivity index (χ1v) is 10.5. The molecule has 14 heteroatoms. The summed E-state index contributed by atoms with van der Waals surface area (Å²) in [7, 11) is 2.50. The van der Waals surface area contributed by atoms with Crippen LogP contribution in [0.3, 0.4) is 0 Å². The van der Waals surface area contributed by atoms with Crippen molar-refractivity contribution < 1.29 is 29.5 Å². The molecule has 2 N–H and O–H groups in total. The molecule has 170 valence electrons. The van der Waals surface area contributed by atoms with Crippen LogP contribution >= 0.6 is 22.7 Å². The molecule has 2 rings (SSSR count). The monoisotopic (exact) mass is 480 g/mol. The topological polar surface area (TPSA) is 152 Å². The highest BCUT2D eigenvalue weighted by Gasteiger charge is 2.20. The van der Waals surface area contributed by atoms with Crippen LogP contribution in [0.1, 0.15) is 11.4 Å². The van der Waals surface area contributed by atoms with Crippen molar-refractivity contribution in [3.05, 3.63) is 57.1 Å². The number of rotatable bonds is 11. The number of thiazole rings is 2. The van der Waals surface area contributed by atoms with Gasteiger partial charge in [0, 0.05) is 23.8 Å². The Morgan fingerprint density at radius 1 is 0.906 bits per heavy atom. The van der Waals surface area contributed by atoms with Crippen molar-refractivity contribution in [1.29, 1.82) is 0 Å². The minimum Gasteiger partial charge on any atom is -0.476 e.